The molecule has 4 nitrogen and oxygen atoms in total. The number of hydrogen-bond acceptors (Lipinski definition) is 2. The average molecular weight is 299 g/mol. The molecule has 1 rings (SSSR count). The Hall–Kier alpha value is -1.26. The second-order valence-corrected chi connectivity index (χ2v) is 5.33. The smallest absolute Gasteiger partial charge is 0.315 e. The maximum Gasteiger partial charge on any atom is 0.315 e. The topological polar surface area (TPSA) is 61.4 Å². The fraction of sp³-hybridized carbons (Fsp3) is 0.533. The number of rotatable bonds is 7. The van der Waals surface area contributed by atoms with Crippen molar-refractivity contribution in [2.45, 2.75) is 45.2 Å². The van der Waals surface area contributed by atoms with Gasteiger partial charge in [-0.2, -0.15) is 0 Å². The van der Waals surface area contributed by atoms with Gasteiger partial charge in [-0.15, -0.1) is 0 Å². The normalized spacial score (nSPS) is 13.6. The molecule has 3 N–H and O–H groups in total. The lowest BCUT2D eigenvalue weighted by atomic mass is 10.1. The molecule has 112 valence electrons. The summed E-state index contributed by atoms with van der Waals surface area (Å²) in [5.41, 5.74) is 1.04. The molecule has 0 saturated heterocycles. The molecule has 0 fully saturated rings. The highest BCUT2D eigenvalue weighted by Crippen LogP contribution is 2.19. The lowest BCUT2D eigenvalue weighted by molar-refractivity contribution is 0.230. The van der Waals surface area contributed by atoms with E-state index in [0.29, 0.717) is 11.4 Å². The summed E-state index contributed by atoms with van der Waals surface area (Å²) in [7, 11) is 0. The van der Waals surface area contributed by atoms with E-state index < -0.39 is 0 Å². The summed E-state index contributed by atoms with van der Waals surface area (Å²) in [5.74, 6) is 0. The first-order valence-corrected chi connectivity index (χ1v) is 7.38. The van der Waals surface area contributed by atoms with E-state index in [2.05, 4.69) is 10.6 Å². The van der Waals surface area contributed by atoms with Gasteiger partial charge in [-0.25, -0.2) is 4.79 Å². The Kier molecular flexibility index (Phi) is 7.41. The van der Waals surface area contributed by atoms with Gasteiger partial charge >= 0.3 is 6.03 Å². The molecule has 2 atom stereocenters. The molecule has 2 unspecified atom stereocenters. The molecule has 0 aliphatic carbocycles. The van der Waals surface area contributed by atoms with Gasteiger partial charge < -0.3 is 15.7 Å². The SMILES string of the molecule is CCC(NC(=O)NC(C)CCCO)c1ccc(Cl)cc1. The van der Waals surface area contributed by atoms with Crippen LogP contribution in [-0.4, -0.2) is 23.8 Å². The Morgan fingerprint density at radius 1 is 1.30 bits per heavy atom. The van der Waals surface area contributed by atoms with Crippen molar-refractivity contribution in [1.29, 1.82) is 0 Å². The highest BCUT2D eigenvalue weighted by Gasteiger charge is 2.14. The Morgan fingerprint density at radius 2 is 1.95 bits per heavy atom. The molecule has 0 radical (unpaired) electrons. The number of nitrogens with one attached hydrogen (secondary N) is 2. The standard InChI is InChI=1S/C15H23ClN2O2/c1-3-14(12-6-8-13(16)9-7-12)18-15(20)17-11(2)5-4-10-19/h6-9,11,14,19H,3-5,10H2,1-2H3,(H2,17,18,20). The molecule has 5 heteroatoms. The van der Waals surface area contributed by atoms with Crippen LogP contribution in [0.5, 0.6) is 0 Å². The van der Waals surface area contributed by atoms with Gasteiger partial charge in [0.05, 0.1) is 6.04 Å². The average Bonchev–Trinajstić information content (AvgIpc) is 2.43. The number of amides is 2. The largest absolute Gasteiger partial charge is 0.396 e. The van der Waals surface area contributed by atoms with Gasteiger partial charge in [-0.05, 0) is 43.9 Å². The minimum atomic E-state index is -0.183. The van der Waals surface area contributed by atoms with E-state index in [-0.39, 0.29) is 24.7 Å². The molecule has 0 aliphatic rings. The van der Waals surface area contributed by atoms with Crippen LogP contribution in [-0.2, 0) is 0 Å². The summed E-state index contributed by atoms with van der Waals surface area (Å²) in [6.45, 7) is 4.10. The van der Waals surface area contributed by atoms with E-state index in [1.807, 2.05) is 38.1 Å². The first kappa shape index (κ1) is 16.8. The van der Waals surface area contributed by atoms with Crippen LogP contribution >= 0.6 is 11.6 Å². The maximum absolute atomic E-state index is 11.9. The third kappa shape index (κ3) is 5.80. The number of carbonyl (C=O) groups is 1. The fourth-order valence-corrected chi connectivity index (χ4v) is 2.14. The number of benzene rings is 1. The zero-order valence-corrected chi connectivity index (χ0v) is 12.8. The van der Waals surface area contributed by atoms with E-state index in [0.717, 1.165) is 18.4 Å². The molecule has 1 aromatic carbocycles. The van der Waals surface area contributed by atoms with E-state index in [1.54, 1.807) is 0 Å². The highest BCUT2D eigenvalue weighted by molar-refractivity contribution is 6.30. The van der Waals surface area contributed by atoms with Crippen molar-refractivity contribution in [1.82, 2.24) is 10.6 Å². The minimum Gasteiger partial charge on any atom is -0.396 e. The van der Waals surface area contributed by atoms with Crippen molar-refractivity contribution >= 4 is 17.6 Å². The van der Waals surface area contributed by atoms with Crippen LogP contribution in [0.1, 0.15) is 44.7 Å². The summed E-state index contributed by atoms with van der Waals surface area (Å²) in [4.78, 5) is 11.9. The summed E-state index contributed by atoms with van der Waals surface area (Å²) >= 11 is 5.86. The maximum atomic E-state index is 11.9. The summed E-state index contributed by atoms with van der Waals surface area (Å²) in [5, 5.41) is 15.3. The monoisotopic (exact) mass is 298 g/mol. The van der Waals surface area contributed by atoms with Crippen molar-refractivity contribution < 1.29 is 9.90 Å². The van der Waals surface area contributed by atoms with Crippen molar-refractivity contribution in [3.63, 3.8) is 0 Å². The summed E-state index contributed by atoms with van der Waals surface area (Å²) in [6, 6.07) is 7.32. The van der Waals surface area contributed by atoms with E-state index in [9.17, 15) is 4.79 Å². The molecule has 20 heavy (non-hydrogen) atoms. The quantitative estimate of drug-likeness (QED) is 0.723. The summed E-state index contributed by atoms with van der Waals surface area (Å²) < 4.78 is 0. The van der Waals surface area contributed by atoms with E-state index >= 15 is 0 Å². The second-order valence-electron chi connectivity index (χ2n) is 4.90. The minimum absolute atomic E-state index is 0.0303. The zero-order valence-electron chi connectivity index (χ0n) is 12.0. The van der Waals surface area contributed by atoms with Crippen LogP contribution in [0.25, 0.3) is 0 Å². The molecule has 1 aromatic rings. The molecule has 0 aliphatic heterocycles. The van der Waals surface area contributed by atoms with Crippen molar-refractivity contribution in [2.24, 2.45) is 0 Å². The molecular weight excluding hydrogens is 276 g/mol. The molecule has 2 amide bonds. The second kappa shape index (κ2) is 8.82. The van der Waals surface area contributed by atoms with Crippen LogP contribution in [0, 0.1) is 0 Å². The predicted octanol–water partition coefficient (Wildman–Crippen LogP) is 3.25. The predicted molar refractivity (Wildman–Crippen MR) is 81.9 cm³/mol. The van der Waals surface area contributed by atoms with Crippen molar-refractivity contribution in [3.05, 3.63) is 34.9 Å². The Balaban J connectivity index is 2.51. The van der Waals surface area contributed by atoms with Gasteiger partial charge in [-0.3, -0.25) is 0 Å². The molecule has 0 heterocycles. The molecule has 0 bridgehead atoms. The summed E-state index contributed by atoms with van der Waals surface area (Å²) in [6.07, 6.45) is 2.26. The zero-order chi connectivity index (χ0) is 15.0. The first-order valence-electron chi connectivity index (χ1n) is 7.00. The molecule has 0 aromatic heterocycles. The number of urea groups is 1. The van der Waals surface area contributed by atoms with Crippen LogP contribution in [0.3, 0.4) is 0 Å². The first-order chi connectivity index (χ1) is 9.56. The number of hydrogen-bond donors (Lipinski definition) is 3. The third-order valence-electron chi connectivity index (χ3n) is 3.16. The van der Waals surface area contributed by atoms with Gasteiger partial charge in [0.15, 0.2) is 0 Å². The third-order valence-corrected chi connectivity index (χ3v) is 3.41. The van der Waals surface area contributed by atoms with Crippen LogP contribution in [0.2, 0.25) is 5.02 Å². The van der Waals surface area contributed by atoms with Crippen molar-refractivity contribution in [2.75, 3.05) is 6.61 Å². The van der Waals surface area contributed by atoms with Crippen LogP contribution < -0.4 is 10.6 Å². The lowest BCUT2D eigenvalue weighted by Gasteiger charge is -2.20. The molecular formula is C15H23ClN2O2. The Morgan fingerprint density at radius 3 is 2.50 bits per heavy atom. The number of aliphatic hydroxyl groups is 1. The Bertz CT molecular complexity index is 409. The Labute approximate surface area is 125 Å². The van der Waals surface area contributed by atoms with Crippen LogP contribution in [0.15, 0.2) is 24.3 Å². The molecule has 0 saturated carbocycles. The van der Waals surface area contributed by atoms with Crippen molar-refractivity contribution in [3.8, 4) is 0 Å². The van der Waals surface area contributed by atoms with Gasteiger partial charge in [0.1, 0.15) is 0 Å². The highest BCUT2D eigenvalue weighted by atomic mass is 35.5. The van der Waals surface area contributed by atoms with Gasteiger partial charge in [0.2, 0.25) is 0 Å². The van der Waals surface area contributed by atoms with E-state index in [4.69, 9.17) is 16.7 Å². The molecule has 0 spiro atoms. The van der Waals surface area contributed by atoms with Gasteiger partial charge in [0, 0.05) is 17.7 Å². The van der Waals surface area contributed by atoms with E-state index in [1.165, 1.54) is 0 Å². The van der Waals surface area contributed by atoms with Crippen LogP contribution in [0.4, 0.5) is 4.79 Å². The number of halogens is 1. The van der Waals surface area contributed by atoms with Gasteiger partial charge in [-0.1, -0.05) is 30.7 Å². The number of carbonyl (C=O) groups excluding carboxylic acids is 1. The fourth-order valence-electron chi connectivity index (χ4n) is 2.01. The number of aliphatic hydroxyl groups excluding tert-OH is 1. The lowest BCUT2D eigenvalue weighted by Crippen LogP contribution is -2.42. The van der Waals surface area contributed by atoms with Gasteiger partial charge in [0.25, 0.3) is 0 Å².